The van der Waals surface area contributed by atoms with Gasteiger partial charge in [0.2, 0.25) is 0 Å². The van der Waals surface area contributed by atoms with Gasteiger partial charge in [0.15, 0.2) is 0 Å². The molecule has 0 amide bonds. The third-order valence-corrected chi connectivity index (χ3v) is 3.20. The van der Waals surface area contributed by atoms with Crippen LogP contribution in [-0.2, 0) is 10.3 Å². The van der Waals surface area contributed by atoms with E-state index in [9.17, 15) is 0 Å². The Morgan fingerprint density at radius 1 is 1.50 bits per heavy atom. The van der Waals surface area contributed by atoms with E-state index in [2.05, 4.69) is 6.07 Å². The van der Waals surface area contributed by atoms with Crippen molar-refractivity contribution in [2.45, 2.75) is 31.5 Å². The maximum atomic E-state index is 9.06. The van der Waals surface area contributed by atoms with Gasteiger partial charge in [0, 0.05) is 0 Å². The van der Waals surface area contributed by atoms with Gasteiger partial charge in [0.25, 0.3) is 0 Å². The standard InChI is InChI=1S/C13H15NO2/c1-13(7-6-12(9-15)16-13)11-4-2-10(8-14)3-5-11/h2-5,12,15H,6-7,9H2,1H3/t12-,13-/m1/s1. The molecular formula is C13H15NO2. The van der Waals surface area contributed by atoms with Crippen molar-refractivity contribution < 1.29 is 9.84 Å². The van der Waals surface area contributed by atoms with Crippen LogP contribution in [0.2, 0.25) is 0 Å². The quantitative estimate of drug-likeness (QED) is 0.823. The van der Waals surface area contributed by atoms with Gasteiger partial charge in [-0.2, -0.15) is 5.26 Å². The van der Waals surface area contributed by atoms with Gasteiger partial charge >= 0.3 is 0 Å². The number of nitrogens with zero attached hydrogens (tertiary/aromatic N) is 1. The molecule has 0 aliphatic carbocycles. The Labute approximate surface area is 95.3 Å². The van der Waals surface area contributed by atoms with Crippen LogP contribution in [0, 0.1) is 11.3 Å². The average Bonchev–Trinajstić information content (AvgIpc) is 2.73. The van der Waals surface area contributed by atoms with Crippen LogP contribution >= 0.6 is 0 Å². The minimum Gasteiger partial charge on any atom is -0.394 e. The Morgan fingerprint density at radius 2 is 2.19 bits per heavy atom. The van der Waals surface area contributed by atoms with E-state index in [-0.39, 0.29) is 18.3 Å². The maximum Gasteiger partial charge on any atom is 0.0991 e. The van der Waals surface area contributed by atoms with Crippen LogP contribution in [0.4, 0.5) is 0 Å². The molecule has 0 radical (unpaired) electrons. The van der Waals surface area contributed by atoms with Crippen LogP contribution < -0.4 is 0 Å². The van der Waals surface area contributed by atoms with Gasteiger partial charge in [-0.1, -0.05) is 12.1 Å². The number of ether oxygens (including phenoxy) is 1. The molecule has 1 N–H and O–H groups in total. The Bertz CT molecular complexity index is 407. The Hall–Kier alpha value is -1.37. The van der Waals surface area contributed by atoms with Crippen LogP contribution in [0.25, 0.3) is 0 Å². The predicted molar refractivity (Wildman–Crippen MR) is 59.7 cm³/mol. The molecule has 16 heavy (non-hydrogen) atoms. The molecule has 0 saturated carbocycles. The molecule has 1 aliphatic heterocycles. The highest BCUT2D eigenvalue weighted by molar-refractivity contribution is 5.34. The predicted octanol–water partition coefficient (Wildman–Crippen LogP) is 1.94. The first-order valence-electron chi connectivity index (χ1n) is 5.47. The SMILES string of the molecule is C[C@]1(c2ccc(C#N)cc2)CC[C@H](CO)O1. The highest BCUT2D eigenvalue weighted by atomic mass is 16.5. The molecule has 1 aliphatic rings. The molecule has 84 valence electrons. The lowest BCUT2D eigenvalue weighted by molar-refractivity contribution is -0.0519. The summed E-state index contributed by atoms with van der Waals surface area (Å²) < 4.78 is 5.82. The molecule has 0 spiro atoms. The normalized spacial score (nSPS) is 28.9. The fraction of sp³-hybridized carbons (Fsp3) is 0.462. The van der Waals surface area contributed by atoms with Crippen molar-refractivity contribution in [3.05, 3.63) is 35.4 Å². The van der Waals surface area contributed by atoms with E-state index in [1.807, 2.05) is 19.1 Å². The van der Waals surface area contributed by atoms with Crippen molar-refractivity contribution in [2.75, 3.05) is 6.61 Å². The van der Waals surface area contributed by atoms with Gasteiger partial charge in [-0.3, -0.25) is 0 Å². The topological polar surface area (TPSA) is 53.2 Å². The number of nitriles is 1. The molecule has 1 aromatic rings. The van der Waals surface area contributed by atoms with E-state index in [1.165, 1.54) is 0 Å². The summed E-state index contributed by atoms with van der Waals surface area (Å²) in [5.41, 5.74) is 1.41. The van der Waals surface area contributed by atoms with Gasteiger partial charge in [-0.05, 0) is 37.5 Å². The molecule has 1 heterocycles. The first-order valence-corrected chi connectivity index (χ1v) is 5.47. The molecule has 0 aromatic heterocycles. The lowest BCUT2D eigenvalue weighted by Gasteiger charge is -2.25. The van der Waals surface area contributed by atoms with Gasteiger partial charge in [0.05, 0.1) is 29.9 Å². The summed E-state index contributed by atoms with van der Waals surface area (Å²) in [6.07, 6.45) is 1.73. The van der Waals surface area contributed by atoms with E-state index in [0.717, 1.165) is 18.4 Å². The number of aliphatic hydroxyl groups is 1. The fourth-order valence-corrected chi connectivity index (χ4v) is 2.16. The zero-order valence-corrected chi connectivity index (χ0v) is 9.31. The van der Waals surface area contributed by atoms with Crippen LogP contribution in [0.5, 0.6) is 0 Å². The second-order valence-corrected chi connectivity index (χ2v) is 4.38. The molecule has 1 fully saturated rings. The van der Waals surface area contributed by atoms with Crippen LogP contribution in [0.1, 0.15) is 30.9 Å². The van der Waals surface area contributed by atoms with Crippen molar-refractivity contribution in [3.63, 3.8) is 0 Å². The summed E-state index contributed by atoms with van der Waals surface area (Å²) in [7, 11) is 0. The van der Waals surface area contributed by atoms with Crippen LogP contribution in [-0.4, -0.2) is 17.8 Å². The van der Waals surface area contributed by atoms with Crippen molar-refractivity contribution in [1.29, 1.82) is 5.26 Å². The largest absolute Gasteiger partial charge is 0.394 e. The summed E-state index contributed by atoms with van der Waals surface area (Å²) in [6.45, 7) is 2.11. The number of hydrogen-bond donors (Lipinski definition) is 1. The summed E-state index contributed by atoms with van der Waals surface area (Å²) in [6, 6.07) is 9.56. The van der Waals surface area contributed by atoms with E-state index in [4.69, 9.17) is 15.1 Å². The Kier molecular flexibility index (Phi) is 2.95. The van der Waals surface area contributed by atoms with Crippen molar-refractivity contribution >= 4 is 0 Å². The Balaban J connectivity index is 2.21. The Morgan fingerprint density at radius 3 is 2.69 bits per heavy atom. The van der Waals surface area contributed by atoms with Gasteiger partial charge in [-0.25, -0.2) is 0 Å². The first kappa shape index (κ1) is 11.1. The number of hydrogen-bond acceptors (Lipinski definition) is 3. The molecule has 2 atom stereocenters. The minimum absolute atomic E-state index is 0.0550. The third-order valence-electron chi connectivity index (χ3n) is 3.20. The minimum atomic E-state index is -0.318. The summed E-state index contributed by atoms with van der Waals surface area (Å²) in [5, 5.41) is 17.8. The lowest BCUT2D eigenvalue weighted by atomic mass is 9.92. The average molecular weight is 217 g/mol. The van der Waals surface area contributed by atoms with E-state index in [1.54, 1.807) is 12.1 Å². The summed E-state index contributed by atoms with van der Waals surface area (Å²) >= 11 is 0. The highest BCUT2D eigenvalue weighted by Gasteiger charge is 2.36. The molecule has 1 aromatic carbocycles. The summed E-state index contributed by atoms with van der Waals surface area (Å²) in [4.78, 5) is 0. The van der Waals surface area contributed by atoms with Crippen molar-refractivity contribution in [1.82, 2.24) is 0 Å². The van der Waals surface area contributed by atoms with Crippen LogP contribution in [0.3, 0.4) is 0 Å². The van der Waals surface area contributed by atoms with Crippen LogP contribution in [0.15, 0.2) is 24.3 Å². The van der Waals surface area contributed by atoms with Crippen molar-refractivity contribution in [3.8, 4) is 6.07 Å². The fourth-order valence-electron chi connectivity index (χ4n) is 2.16. The molecule has 2 rings (SSSR count). The van der Waals surface area contributed by atoms with E-state index < -0.39 is 0 Å². The number of aliphatic hydroxyl groups excluding tert-OH is 1. The van der Waals surface area contributed by atoms with Gasteiger partial charge < -0.3 is 9.84 Å². The first-order chi connectivity index (χ1) is 7.68. The lowest BCUT2D eigenvalue weighted by Crippen LogP contribution is -2.23. The zero-order valence-electron chi connectivity index (χ0n) is 9.31. The van der Waals surface area contributed by atoms with E-state index >= 15 is 0 Å². The zero-order chi connectivity index (χ0) is 11.6. The number of benzene rings is 1. The molecule has 0 unspecified atom stereocenters. The molecule has 3 heteroatoms. The molecule has 3 nitrogen and oxygen atoms in total. The third kappa shape index (κ3) is 1.95. The maximum absolute atomic E-state index is 9.06. The van der Waals surface area contributed by atoms with Crippen molar-refractivity contribution in [2.24, 2.45) is 0 Å². The number of rotatable bonds is 2. The molecular weight excluding hydrogens is 202 g/mol. The highest BCUT2D eigenvalue weighted by Crippen LogP contribution is 2.38. The second kappa shape index (κ2) is 4.25. The van der Waals surface area contributed by atoms with E-state index in [0.29, 0.717) is 5.56 Å². The molecule has 1 saturated heterocycles. The monoisotopic (exact) mass is 217 g/mol. The summed E-state index contributed by atoms with van der Waals surface area (Å²) in [5.74, 6) is 0. The van der Waals surface area contributed by atoms with Gasteiger partial charge in [-0.15, -0.1) is 0 Å². The second-order valence-electron chi connectivity index (χ2n) is 4.38. The van der Waals surface area contributed by atoms with Gasteiger partial charge in [0.1, 0.15) is 0 Å². The molecule has 0 bridgehead atoms. The smallest absolute Gasteiger partial charge is 0.0991 e.